The Balaban J connectivity index is 1.39. The summed E-state index contributed by atoms with van der Waals surface area (Å²) in [4.78, 5) is 59.5. The summed E-state index contributed by atoms with van der Waals surface area (Å²) in [6.07, 6.45) is -0.313. The van der Waals surface area contributed by atoms with E-state index in [0.717, 1.165) is 22.5 Å². The summed E-state index contributed by atoms with van der Waals surface area (Å²) < 4.78 is 0. The molecule has 218 valence electrons. The van der Waals surface area contributed by atoms with Gasteiger partial charge in [-0.05, 0) is 47.9 Å². The van der Waals surface area contributed by atoms with Gasteiger partial charge in [0.1, 0.15) is 36.5 Å². The third-order valence-corrected chi connectivity index (χ3v) is 11.0. The van der Waals surface area contributed by atoms with Gasteiger partial charge in [-0.25, -0.2) is 0 Å². The Morgan fingerprint density at radius 1 is 0.619 bits per heavy atom. The van der Waals surface area contributed by atoms with E-state index >= 15 is 0 Å². The second-order valence-corrected chi connectivity index (χ2v) is 13.5. The van der Waals surface area contributed by atoms with E-state index < -0.39 is 47.3 Å². The maximum absolute atomic E-state index is 14.2. The summed E-state index contributed by atoms with van der Waals surface area (Å²) >= 11 is 0. The van der Waals surface area contributed by atoms with Crippen LogP contribution in [0.2, 0.25) is 0 Å². The summed E-state index contributed by atoms with van der Waals surface area (Å²) in [5, 5.41) is 13.4. The number of benzene rings is 2. The maximum atomic E-state index is 14.2. The van der Waals surface area contributed by atoms with Crippen LogP contribution >= 0.6 is 0 Å². The minimum absolute atomic E-state index is 0.0734. The van der Waals surface area contributed by atoms with E-state index in [0.29, 0.717) is 12.8 Å². The van der Waals surface area contributed by atoms with Gasteiger partial charge < -0.3 is 31.1 Å². The van der Waals surface area contributed by atoms with Crippen LogP contribution in [0.5, 0.6) is 0 Å². The van der Waals surface area contributed by atoms with Crippen LogP contribution < -0.4 is 21.3 Å². The number of carbonyl (C=O) groups excluding carboxylic acids is 4. The minimum atomic E-state index is -0.803. The molecule has 0 radical (unpaired) electrons. The van der Waals surface area contributed by atoms with Crippen LogP contribution in [0.4, 0.5) is 11.4 Å². The normalized spacial score (nSPS) is 37.4. The van der Waals surface area contributed by atoms with Crippen molar-refractivity contribution in [3.8, 4) is 0 Å². The molecule has 1 unspecified atom stereocenters. The highest BCUT2D eigenvalue weighted by molar-refractivity contribution is 6.01. The first-order valence-corrected chi connectivity index (χ1v) is 15.1. The monoisotopic (exact) mass is 568 g/mol. The molecule has 10 nitrogen and oxygen atoms in total. The molecule has 6 aliphatic rings. The summed E-state index contributed by atoms with van der Waals surface area (Å²) in [5.41, 5.74) is 2.26. The molecule has 8 rings (SSSR count). The molecule has 6 heterocycles. The average molecular weight is 569 g/mol. The maximum Gasteiger partial charge on any atom is 0.247 e. The molecule has 6 aliphatic heterocycles. The topological polar surface area (TPSA) is 123 Å². The van der Waals surface area contributed by atoms with Crippen LogP contribution in [0.1, 0.15) is 51.7 Å². The SMILES string of the molecule is CC(C)[C@H]1NC(=O)[C@@H]2CC3([C@]45C[C@H]6C(=O)N[C@H](C(C)C)C(=O)N6[C@H]4Nc4ccccc45)c4ccccc4N[C@@H]3N2C1=O. The van der Waals surface area contributed by atoms with Crippen molar-refractivity contribution in [1.29, 1.82) is 0 Å². The van der Waals surface area contributed by atoms with Gasteiger partial charge >= 0.3 is 0 Å². The Morgan fingerprint density at radius 3 is 1.38 bits per heavy atom. The summed E-state index contributed by atoms with van der Waals surface area (Å²) in [6.45, 7) is 7.78. The van der Waals surface area contributed by atoms with Gasteiger partial charge in [-0.1, -0.05) is 64.1 Å². The van der Waals surface area contributed by atoms with Crippen LogP contribution in [0.15, 0.2) is 48.5 Å². The molecule has 8 atom stereocenters. The van der Waals surface area contributed by atoms with Crippen molar-refractivity contribution in [1.82, 2.24) is 20.4 Å². The highest BCUT2D eigenvalue weighted by Crippen LogP contribution is 2.68. The van der Waals surface area contributed by atoms with Crippen LogP contribution in [0.25, 0.3) is 0 Å². The Hall–Kier alpha value is -4.08. The number of amides is 4. The van der Waals surface area contributed by atoms with Crippen LogP contribution in [0, 0.1) is 11.8 Å². The third kappa shape index (κ3) is 2.81. The lowest BCUT2D eigenvalue weighted by Crippen LogP contribution is -2.67. The van der Waals surface area contributed by atoms with Crippen molar-refractivity contribution in [2.24, 2.45) is 11.8 Å². The average Bonchev–Trinajstić information content (AvgIpc) is 3.66. The van der Waals surface area contributed by atoms with Gasteiger partial charge in [0.25, 0.3) is 0 Å². The van der Waals surface area contributed by atoms with Crippen molar-refractivity contribution in [3.05, 3.63) is 59.7 Å². The minimum Gasteiger partial charge on any atom is -0.364 e. The largest absolute Gasteiger partial charge is 0.364 e. The lowest BCUT2D eigenvalue weighted by molar-refractivity contribution is -0.150. The third-order valence-electron chi connectivity index (χ3n) is 11.0. The molecule has 4 fully saturated rings. The Bertz CT molecular complexity index is 1460. The number of hydrogen-bond donors (Lipinski definition) is 4. The van der Waals surface area contributed by atoms with E-state index in [2.05, 4.69) is 33.4 Å². The second-order valence-electron chi connectivity index (χ2n) is 13.5. The quantitative estimate of drug-likeness (QED) is 0.449. The molecule has 10 heteroatoms. The second kappa shape index (κ2) is 8.26. The van der Waals surface area contributed by atoms with E-state index in [-0.39, 0.29) is 35.5 Å². The molecule has 0 spiro atoms. The molecular formula is C32H36N6O4. The van der Waals surface area contributed by atoms with Crippen molar-refractivity contribution in [2.75, 3.05) is 10.6 Å². The zero-order valence-electron chi connectivity index (χ0n) is 24.2. The molecule has 0 bridgehead atoms. The predicted octanol–water partition coefficient (Wildman–Crippen LogP) is 1.88. The first-order valence-electron chi connectivity index (χ1n) is 15.1. The summed E-state index contributed by atoms with van der Waals surface area (Å²) in [5.74, 6) is -0.654. The van der Waals surface area contributed by atoms with Gasteiger partial charge in [-0.2, -0.15) is 0 Å². The van der Waals surface area contributed by atoms with Gasteiger partial charge in [-0.15, -0.1) is 0 Å². The number of fused-ring (bicyclic) bond motifs is 11. The number of nitrogens with zero attached hydrogens (tertiary/aromatic N) is 2. The number of hydrogen-bond acceptors (Lipinski definition) is 6. The molecule has 2 aromatic rings. The zero-order chi connectivity index (χ0) is 29.3. The van der Waals surface area contributed by atoms with Gasteiger partial charge in [0.05, 0.1) is 10.8 Å². The van der Waals surface area contributed by atoms with Crippen molar-refractivity contribution in [3.63, 3.8) is 0 Å². The van der Waals surface area contributed by atoms with Gasteiger partial charge in [0.2, 0.25) is 23.6 Å². The summed E-state index contributed by atoms with van der Waals surface area (Å²) in [6, 6.07) is 13.6. The fourth-order valence-corrected chi connectivity index (χ4v) is 9.23. The molecule has 4 amide bonds. The fraction of sp³-hybridized carbons (Fsp3) is 0.500. The molecule has 0 aliphatic carbocycles. The molecular weight excluding hydrogens is 532 g/mol. The first-order chi connectivity index (χ1) is 20.1. The number of piperazine rings is 2. The molecule has 0 aromatic heterocycles. The summed E-state index contributed by atoms with van der Waals surface area (Å²) in [7, 11) is 0. The van der Waals surface area contributed by atoms with E-state index in [1.54, 1.807) is 9.80 Å². The highest BCUT2D eigenvalue weighted by atomic mass is 16.2. The van der Waals surface area contributed by atoms with Crippen LogP contribution in [-0.2, 0) is 30.0 Å². The van der Waals surface area contributed by atoms with Gasteiger partial charge in [0, 0.05) is 11.4 Å². The predicted molar refractivity (Wildman–Crippen MR) is 155 cm³/mol. The Morgan fingerprint density at radius 2 is 1.00 bits per heavy atom. The highest BCUT2D eigenvalue weighted by Gasteiger charge is 2.78. The van der Waals surface area contributed by atoms with Crippen molar-refractivity contribution >= 4 is 35.0 Å². The number of carbonyl (C=O) groups is 4. The van der Waals surface area contributed by atoms with Gasteiger partial charge in [-0.3, -0.25) is 19.2 Å². The number of rotatable bonds is 3. The van der Waals surface area contributed by atoms with E-state index in [9.17, 15) is 19.2 Å². The fourth-order valence-electron chi connectivity index (χ4n) is 9.23. The lowest BCUT2D eigenvalue weighted by Gasteiger charge is -2.48. The first kappa shape index (κ1) is 25.6. The zero-order valence-corrected chi connectivity index (χ0v) is 24.2. The number of anilines is 2. The van der Waals surface area contributed by atoms with Crippen LogP contribution in [0.3, 0.4) is 0 Å². The standard InChI is InChI=1S/C32H36N6O4/c1-15(2)23-27(41)37-21(25(39)35-23)13-31(17-9-5-7-11-19(17)33-29(31)37)32-14-22-26(40)36-24(16(3)4)28(42)38(22)30(32)34-20-12-8-6-10-18(20)32/h5-12,15-16,21-24,29-30,33-34H,13-14H2,1-4H3,(H,35,39)(H,36,40)/t21-,22-,23+,24+,29+,30+,31-,32?/m0/s1. The molecule has 0 saturated carbocycles. The molecule has 42 heavy (non-hydrogen) atoms. The molecule has 2 aromatic carbocycles. The Labute approximate surface area is 244 Å². The number of nitrogens with one attached hydrogen (secondary N) is 4. The van der Waals surface area contributed by atoms with E-state index in [1.807, 2.05) is 64.1 Å². The van der Waals surface area contributed by atoms with E-state index in [4.69, 9.17) is 0 Å². The van der Waals surface area contributed by atoms with Crippen LogP contribution in [-0.4, -0.2) is 69.9 Å². The smallest absolute Gasteiger partial charge is 0.247 e. The molecule has 4 saturated heterocycles. The van der Waals surface area contributed by atoms with Crippen molar-refractivity contribution in [2.45, 2.75) is 87.9 Å². The van der Waals surface area contributed by atoms with Crippen molar-refractivity contribution < 1.29 is 19.2 Å². The molecule has 4 N–H and O–H groups in total. The lowest BCUT2D eigenvalue weighted by atomic mass is 9.54. The van der Waals surface area contributed by atoms with Gasteiger partial charge in [0.15, 0.2) is 0 Å². The van der Waals surface area contributed by atoms with E-state index in [1.165, 1.54) is 0 Å². The Kier molecular flexibility index (Phi) is 5.04. The number of para-hydroxylation sites is 2.